The van der Waals surface area contributed by atoms with Gasteiger partial charge in [0, 0.05) is 19.6 Å². The predicted molar refractivity (Wildman–Crippen MR) is 79.0 cm³/mol. The molecule has 0 aromatic heterocycles. The number of benzene rings is 1. The van der Waals surface area contributed by atoms with Crippen LogP contribution in [0, 0.1) is 0 Å². The molecule has 0 saturated carbocycles. The van der Waals surface area contributed by atoms with Crippen molar-refractivity contribution in [3.63, 3.8) is 0 Å². The fraction of sp³-hybridized carbons (Fsp3) is 0.467. The Balaban J connectivity index is 2.69. The van der Waals surface area contributed by atoms with Gasteiger partial charge in [-0.2, -0.15) is 0 Å². The van der Waals surface area contributed by atoms with Crippen LogP contribution in [0.2, 0.25) is 0 Å². The maximum atomic E-state index is 12.3. The van der Waals surface area contributed by atoms with Gasteiger partial charge >= 0.3 is 0 Å². The minimum Gasteiger partial charge on any atom is -0.355 e. The molecule has 0 atom stereocenters. The Kier molecular flexibility index (Phi) is 6.73. The van der Waals surface area contributed by atoms with Gasteiger partial charge in [-0.05, 0) is 25.0 Å². The van der Waals surface area contributed by atoms with Gasteiger partial charge in [-0.1, -0.05) is 24.3 Å². The third-order valence-corrected chi connectivity index (χ3v) is 3.12. The minimum absolute atomic E-state index is 0.0559. The summed E-state index contributed by atoms with van der Waals surface area (Å²) in [5.41, 5.74) is 7.56. The second-order valence-electron chi connectivity index (χ2n) is 4.51. The summed E-state index contributed by atoms with van der Waals surface area (Å²) in [4.78, 5) is 25.4. The van der Waals surface area contributed by atoms with Crippen LogP contribution in [0.5, 0.6) is 0 Å². The molecule has 0 fully saturated rings. The smallest absolute Gasteiger partial charge is 0.239 e. The van der Waals surface area contributed by atoms with Crippen molar-refractivity contribution >= 4 is 11.8 Å². The van der Waals surface area contributed by atoms with Crippen molar-refractivity contribution in [3.05, 3.63) is 35.4 Å². The monoisotopic (exact) mass is 277 g/mol. The second-order valence-corrected chi connectivity index (χ2v) is 4.51. The first-order valence-electron chi connectivity index (χ1n) is 6.93. The highest BCUT2D eigenvalue weighted by molar-refractivity contribution is 5.85. The summed E-state index contributed by atoms with van der Waals surface area (Å²) < 4.78 is 0. The van der Waals surface area contributed by atoms with E-state index in [2.05, 4.69) is 5.32 Å². The number of nitrogens with two attached hydrogens (primary N) is 1. The van der Waals surface area contributed by atoms with Gasteiger partial charge in [0.25, 0.3) is 0 Å². The van der Waals surface area contributed by atoms with Gasteiger partial charge < -0.3 is 16.0 Å². The Morgan fingerprint density at radius 2 is 1.85 bits per heavy atom. The molecule has 0 unspecified atom stereocenters. The van der Waals surface area contributed by atoms with Gasteiger partial charge in [0.05, 0.1) is 13.0 Å². The van der Waals surface area contributed by atoms with Gasteiger partial charge in [-0.15, -0.1) is 0 Å². The summed E-state index contributed by atoms with van der Waals surface area (Å²) >= 11 is 0. The average molecular weight is 277 g/mol. The molecule has 20 heavy (non-hydrogen) atoms. The predicted octanol–water partition coefficient (Wildman–Crippen LogP) is 0.672. The molecule has 5 nitrogen and oxygen atoms in total. The highest BCUT2D eigenvalue weighted by Crippen LogP contribution is 2.10. The van der Waals surface area contributed by atoms with Crippen LogP contribution in [0.4, 0.5) is 0 Å². The molecule has 0 aliphatic rings. The lowest BCUT2D eigenvalue weighted by Gasteiger charge is -2.21. The summed E-state index contributed by atoms with van der Waals surface area (Å²) in [6.45, 7) is 5.32. The third-order valence-electron chi connectivity index (χ3n) is 3.12. The van der Waals surface area contributed by atoms with Crippen molar-refractivity contribution in [1.82, 2.24) is 10.2 Å². The van der Waals surface area contributed by atoms with Crippen LogP contribution in [-0.2, 0) is 22.6 Å². The van der Waals surface area contributed by atoms with Crippen LogP contribution in [0.15, 0.2) is 24.3 Å². The molecule has 0 saturated heterocycles. The Labute approximate surface area is 120 Å². The zero-order valence-electron chi connectivity index (χ0n) is 12.2. The lowest BCUT2D eigenvalue weighted by molar-refractivity contribution is -0.135. The molecular weight excluding hydrogens is 254 g/mol. The van der Waals surface area contributed by atoms with E-state index in [-0.39, 0.29) is 24.8 Å². The van der Waals surface area contributed by atoms with Crippen LogP contribution < -0.4 is 11.1 Å². The van der Waals surface area contributed by atoms with Gasteiger partial charge in [-0.25, -0.2) is 0 Å². The number of hydrogen-bond acceptors (Lipinski definition) is 3. The lowest BCUT2D eigenvalue weighted by atomic mass is 10.0. The number of carbonyl (C=O) groups excluding carboxylic acids is 2. The van der Waals surface area contributed by atoms with E-state index in [0.29, 0.717) is 19.6 Å². The zero-order chi connectivity index (χ0) is 15.0. The number of amides is 2. The molecule has 1 aromatic rings. The number of likely N-dealkylation sites (N-methyl/N-ethyl adjacent to an activating group) is 2. The number of nitrogens with zero attached hydrogens (tertiary/aromatic N) is 1. The fourth-order valence-electron chi connectivity index (χ4n) is 2.01. The standard InChI is InChI=1S/C15H23N3O2/c1-3-17-14(19)11-18(4-2)15(20)9-12-7-5-6-8-13(12)10-16/h5-8H,3-4,9-11,16H2,1-2H3,(H,17,19). The van der Waals surface area contributed by atoms with Crippen LogP contribution in [0.1, 0.15) is 25.0 Å². The van der Waals surface area contributed by atoms with E-state index in [9.17, 15) is 9.59 Å². The second kappa shape index (κ2) is 8.32. The number of hydrogen-bond donors (Lipinski definition) is 2. The summed E-state index contributed by atoms with van der Waals surface area (Å²) in [6.07, 6.45) is 0.278. The average Bonchev–Trinajstić information content (AvgIpc) is 2.45. The lowest BCUT2D eigenvalue weighted by Crippen LogP contribution is -2.41. The number of rotatable bonds is 7. The van der Waals surface area contributed by atoms with Crippen molar-refractivity contribution in [1.29, 1.82) is 0 Å². The topological polar surface area (TPSA) is 75.4 Å². The van der Waals surface area contributed by atoms with Crippen molar-refractivity contribution in [2.75, 3.05) is 19.6 Å². The molecule has 0 spiro atoms. The summed E-state index contributed by atoms with van der Waals surface area (Å²) in [6, 6.07) is 7.62. The Morgan fingerprint density at radius 1 is 1.20 bits per heavy atom. The quantitative estimate of drug-likeness (QED) is 0.769. The molecule has 0 bridgehead atoms. The van der Waals surface area contributed by atoms with Gasteiger partial charge in [0.15, 0.2) is 0 Å². The SMILES string of the molecule is CCNC(=O)CN(CC)C(=O)Cc1ccccc1CN. The highest BCUT2D eigenvalue weighted by Gasteiger charge is 2.16. The highest BCUT2D eigenvalue weighted by atomic mass is 16.2. The third kappa shape index (κ3) is 4.66. The Bertz CT molecular complexity index is 460. The van der Waals surface area contributed by atoms with Crippen LogP contribution in [-0.4, -0.2) is 36.3 Å². The molecule has 0 radical (unpaired) electrons. The van der Waals surface area contributed by atoms with Crippen molar-refractivity contribution in [2.24, 2.45) is 5.73 Å². The molecule has 1 rings (SSSR count). The van der Waals surface area contributed by atoms with Gasteiger partial charge in [-0.3, -0.25) is 9.59 Å². The first-order valence-corrected chi connectivity index (χ1v) is 6.93. The van der Waals surface area contributed by atoms with Crippen molar-refractivity contribution < 1.29 is 9.59 Å². The maximum absolute atomic E-state index is 12.3. The van der Waals surface area contributed by atoms with E-state index in [1.54, 1.807) is 4.90 Å². The summed E-state index contributed by atoms with van der Waals surface area (Å²) in [5, 5.41) is 2.70. The van der Waals surface area contributed by atoms with E-state index in [0.717, 1.165) is 11.1 Å². The minimum atomic E-state index is -0.130. The molecule has 110 valence electrons. The van der Waals surface area contributed by atoms with Crippen LogP contribution in [0.25, 0.3) is 0 Å². The van der Waals surface area contributed by atoms with Gasteiger partial charge in [0.2, 0.25) is 11.8 Å². The van der Waals surface area contributed by atoms with E-state index in [1.165, 1.54) is 0 Å². The zero-order valence-corrected chi connectivity index (χ0v) is 12.2. The molecule has 5 heteroatoms. The van der Waals surface area contributed by atoms with E-state index >= 15 is 0 Å². The van der Waals surface area contributed by atoms with E-state index < -0.39 is 0 Å². The molecule has 0 aliphatic heterocycles. The number of nitrogens with one attached hydrogen (secondary N) is 1. The largest absolute Gasteiger partial charge is 0.355 e. The summed E-state index contributed by atoms with van der Waals surface area (Å²) in [5.74, 6) is -0.186. The van der Waals surface area contributed by atoms with Gasteiger partial charge in [0.1, 0.15) is 0 Å². The van der Waals surface area contributed by atoms with Crippen LogP contribution >= 0.6 is 0 Å². The van der Waals surface area contributed by atoms with E-state index in [1.807, 2.05) is 38.1 Å². The first kappa shape index (κ1) is 16.2. The molecule has 0 heterocycles. The summed E-state index contributed by atoms with van der Waals surface area (Å²) in [7, 11) is 0. The Hall–Kier alpha value is -1.88. The molecule has 2 amide bonds. The fourth-order valence-corrected chi connectivity index (χ4v) is 2.01. The molecule has 0 aliphatic carbocycles. The molecule has 3 N–H and O–H groups in total. The normalized spacial score (nSPS) is 10.2. The Morgan fingerprint density at radius 3 is 2.40 bits per heavy atom. The van der Waals surface area contributed by atoms with Crippen molar-refractivity contribution in [2.45, 2.75) is 26.8 Å². The molecule has 1 aromatic carbocycles. The maximum Gasteiger partial charge on any atom is 0.239 e. The van der Waals surface area contributed by atoms with Crippen LogP contribution in [0.3, 0.4) is 0 Å². The first-order chi connectivity index (χ1) is 9.62. The number of carbonyl (C=O) groups is 2. The molecular formula is C15H23N3O2. The van der Waals surface area contributed by atoms with E-state index in [4.69, 9.17) is 5.73 Å². The van der Waals surface area contributed by atoms with Crippen molar-refractivity contribution in [3.8, 4) is 0 Å².